The summed E-state index contributed by atoms with van der Waals surface area (Å²) >= 11 is 5.86. The van der Waals surface area contributed by atoms with Crippen LogP contribution in [0.2, 0.25) is 5.02 Å². The molecule has 0 spiro atoms. The highest BCUT2D eigenvalue weighted by atomic mass is 35.5. The second-order valence-corrected chi connectivity index (χ2v) is 5.43. The van der Waals surface area contributed by atoms with Gasteiger partial charge in [-0.3, -0.25) is 0 Å². The van der Waals surface area contributed by atoms with Crippen LogP contribution in [0.5, 0.6) is 5.75 Å². The van der Waals surface area contributed by atoms with E-state index in [4.69, 9.17) is 16.3 Å². The van der Waals surface area contributed by atoms with E-state index in [1.165, 1.54) is 17.7 Å². The molecule has 1 N–H and O–H groups in total. The van der Waals surface area contributed by atoms with Gasteiger partial charge in [-0.05, 0) is 48.4 Å². The minimum atomic E-state index is -0.338. The average molecular weight is 292 g/mol. The van der Waals surface area contributed by atoms with Gasteiger partial charge in [0.15, 0.2) is 0 Å². The molecule has 3 rings (SSSR count). The Balaban J connectivity index is 1.80. The number of ether oxygens (including phenoxy) is 1. The van der Waals surface area contributed by atoms with Crippen molar-refractivity contribution in [2.24, 2.45) is 0 Å². The molecule has 1 aliphatic heterocycles. The van der Waals surface area contributed by atoms with Gasteiger partial charge in [0.2, 0.25) is 0 Å². The first-order chi connectivity index (χ1) is 9.61. The predicted octanol–water partition coefficient (Wildman–Crippen LogP) is 4.59. The molecule has 0 saturated heterocycles. The van der Waals surface area contributed by atoms with E-state index in [9.17, 15) is 4.39 Å². The molecule has 4 heteroatoms. The number of anilines is 1. The molecule has 1 atom stereocenters. The second kappa shape index (κ2) is 5.33. The van der Waals surface area contributed by atoms with Gasteiger partial charge in [-0.25, -0.2) is 4.39 Å². The van der Waals surface area contributed by atoms with Crippen molar-refractivity contribution in [3.05, 3.63) is 58.4 Å². The highest BCUT2D eigenvalue weighted by Crippen LogP contribution is 2.30. The predicted molar refractivity (Wildman–Crippen MR) is 79.1 cm³/mol. The Morgan fingerprint density at radius 2 is 2.10 bits per heavy atom. The fraction of sp³-hybridized carbons (Fsp3) is 0.250. The highest BCUT2D eigenvalue weighted by Gasteiger charge is 2.14. The van der Waals surface area contributed by atoms with Gasteiger partial charge in [0.1, 0.15) is 11.6 Å². The number of halogens is 2. The summed E-state index contributed by atoms with van der Waals surface area (Å²) in [6.07, 6.45) is 0.946. The van der Waals surface area contributed by atoms with Crippen LogP contribution in [-0.2, 0) is 6.42 Å². The lowest BCUT2D eigenvalue weighted by atomic mass is 10.0. The topological polar surface area (TPSA) is 21.3 Å². The Kier molecular flexibility index (Phi) is 3.53. The number of rotatable bonds is 3. The van der Waals surface area contributed by atoms with Crippen LogP contribution >= 0.6 is 11.6 Å². The third-order valence-corrected chi connectivity index (χ3v) is 3.68. The maximum absolute atomic E-state index is 13.3. The van der Waals surface area contributed by atoms with Crippen molar-refractivity contribution in [3.8, 4) is 5.75 Å². The van der Waals surface area contributed by atoms with Crippen LogP contribution in [-0.4, -0.2) is 6.61 Å². The number of fused-ring (bicyclic) bond motifs is 1. The zero-order valence-electron chi connectivity index (χ0n) is 11.1. The number of hydrogen-bond donors (Lipinski definition) is 1. The van der Waals surface area contributed by atoms with E-state index in [0.717, 1.165) is 24.3 Å². The molecule has 104 valence electrons. The van der Waals surface area contributed by atoms with Crippen LogP contribution in [0.4, 0.5) is 10.1 Å². The first kappa shape index (κ1) is 13.3. The van der Waals surface area contributed by atoms with Gasteiger partial charge in [-0.2, -0.15) is 0 Å². The van der Waals surface area contributed by atoms with E-state index < -0.39 is 0 Å². The number of benzene rings is 2. The molecule has 2 nitrogen and oxygen atoms in total. The van der Waals surface area contributed by atoms with Gasteiger partial charge in [0, 0.05) is 23.2 Å². The van der Waals surface area contributed by atoms with E-state index in [1.807, 2.05) is 19.1 Å². The molecule has 0 fully saturated rings. The Hall–Kier alpha value is -1.74. The third kappa shape index (κ3) is 2.73. The van der Waals surface area contributed by atoms with Crippen LogP contribution in [0.25, 0.3) is 0 Å². The van der Waals surface area contributed by atoms with Crippen molar-refractivity contribution in [2.75, 3.05) is 11.9 Å². The summed E-state index contributed by atoms with van der Waals surface area (Å²) < 4.78 is 18.8. The summed E-state index contributed by atoms with van der Waals surface area (Å²) in [4.78, 5) is 0. The lowest BCUT2D eigenvalue weighted by Gasteiger charge is -2.17. The van der Waals surface area contributed by atoms with Crippen LogP contribution in [0.1, 0.15) is 24.1 Å². The average Bonchev–Trinajstić information content (AvgIpc) is 2.84. The van der Waals surface area contributed by atoms with Crippen LogP contribution in [0.3, 0.4) is 0 Å². The lowest BCUT2D eigenvalue weighted by molar-refractivity contribution is 0.357. The Morgan fingerprint density at radius 1 is 1.25 bits per heavy atom. The van der Waals surface area contributed by atoms with E-state index in [2.05, 4.69) is 11.4 Å². The summed E-state index contributed by atoms with van der Waals surface area (Å²) in [6.45, 7) is 2.79. The largest absolute Gasteiger partial charge is 0.493 e. The highest BCUT2D eigenvalue weighted by molar-refractivity contribution is 6.30. The first-order valence-electron chi connectivity index (χ1n) is 6.60. The summed E-state index contributed by atoms with van der Waals surface area (Å²) in [7, 11) is 0. The smallest absolute Gasteiger partial charge is 0.126 e. The molecule has 0 saturated carbocycles. The summed E-state index contributed by atoms with van der Waals surface area (Å²) in [6, 6.07) is 10.7. The van der Waals surface area contributed by atoms with Crippen molar-refractivity contribution in [1.82, 2.24) is 0 Å². The van der Waals surface area contributed by atoms with E-state index in [-0.39, 0.29) is 11.9 Å². The zero-order valence-corrected chi connectivity index (χ0v) is 11.9. The van der Waals surface area contributed by atoms with Gasteiger partial charge in [0.25, 0.3) is 0 Å². The Bertz CT molecular complexity index is 624. The third-order valence-electron chi connectivity index (χ3n) is 3.46. The van der Waals surface area contributed by atoms with Crippen LogP contribution < -0.4 is 10.1 Å². The van der Waals surface area contributed by atoms with Crippen molar-refractivity contribution in [1.29, 1.82) is 0 Å². The molecule has 0 aromatic heterocycles. The molecule has 1 unspecified atom stereocenters. The number of nitrogens with one attached hydrogen (secondary N) is 1. The number of hydrogen-bond acceptors (Lipinski definition) is 2. The molecule has 1 heterocycles. The summed E-state index contributed by atoms with van der Waals surface area (Å²) in [5, 5.41) is 3.66. The van der Waals surface area contributed by atoms with Gasteiger partial charge in [-0.15, -0.1) is 0 Å². The van der Waals surface area contributed by atoms with Crippen LogP contribution in [0.15, 0.2) is 36.4 Å². The van der Waals surface area contributed by atoms with Crippen molar-refractivity contribution >= 4 is 17.3 Å². The molecular formula is C16H15ClFNO. The van der Waals surface area contributed by atoms with Crippen molar-refractivity contribution in [3.63, 3.8) is 0 Å². The summed E-state index contributed by atoms with van der Waals surface area (Å²) in [5.41, 5.74) is 3.06. The normalized spacial score (nSPS) is 14.6. The fourth-order valence-corrected chi connectivity index (χ4v) is 2.67. The van der Waals surface area contributed by atoms with Gasteiger partial charge < -0.3 is 10.1 Å². The zero-order chi connectivity index (χ0) is 14.1. The van der Waals surface area contributed by atoms with E-state index >= 15 is 0 Å². The Labute approximate surface area is 122 Å². The van der Waals surface area contributed by atoms with Gasteiger partial charge >= 0.3 is 0 Å². The molecule has 20 heavy (non-hydrogen) atoms. The standard InChI is InChI=1S/C16H15ClFNO/c1-10(19-15-8-13(17)7-14(18)9-15)11-2-3-16-12(6-11)4-5-20-16/h2-3,6-10,19H,4-5H2,1H3. The van der Waals surface area contributed by atoms with Crippen molar-refractivity contribution in [2.45, 2.75) is 19.4 Å². The molecule has 0 radical (unpaired) electrons. The lowest BCUT2D eigenvalue weighted by Crippen LogP contribution is -2.07. The molecule has 2 aromatic carbocycles. The molecule has 2 aromatic rings. The maximum Gasteiger partial charge on any atom is 0.126 e. The SMILES string of the molecule is CC(Nc1cc(F)cc(Cl)c1)c1ccc2c(c1)CCO2. The van der Waals surface area contributed by atoms with Gasteiger partial charge in [-0.1, -0.05) is 17.7 Å². The van der Waals surface area contributed by atoms with Gasteiger partial charge in [0.05, 0.1) is 6.61 Å². The molecule has 0 aliphatic carbocycles. The molecule has 0 bridgehead atoms. The first-order valence-corrected chi connectivity index (χ1v) is 6.98. The van der Waals surface area contributed by atoms with E-state index in [1.54, 1.807) is 6.07 Å². The maximum atomic E-state index is 13.3. The molecule has 0 amide bonds. The van der Waals surface area contributed by atoms with Crippen LogP contribution in [0, 0.1) is 5.82 Å². The monoisotopic (exact) mass is 291 g/mol. The molecular weight excluding hydrogens is 277 g/mol. The molecule has 1 aliphatic rings. The minimum absolute atomic E-state index is 0.0683. The summed E-state index contributed by atoms with van der Waals surface area (Å²) in [5.74, 6) is 0.629. The fourth-order valence-electron chi connectivity index (χ4n) is 2.45. The minimum Gasteiger partial charge on any atom is -0.493 e. The quantitative estimate of drug-likeness (QED) is 0.893. The van der Waals surface area contributed by atoms with Crippen molar-refractivity contribution < 1.29 is 9.13 Å². The Morgan fingerprint density at radius 3 is 2.90 bits per heavy atom. The van der Waals surface area contributed by atoms with E-state index in [0.29, 0.717) is 10.7 Å². The second-order valence-electron chi connectivity index (χ2n) is 4.99.